The first-order valence-corrected chi connectivity index (χ1v) is 9.04. The number of carbonyl (C=O) groups excluding carboxylic acids is 1. The summed E-state index contributed by atoms with van der Waals surface area (Å²) in [5.74, 6) is -0.203. The molecule has 1 amide bonds. The number of hydrogen-bond acceptors (Lipinski definition) is 5. The Morgan fingerprint density at radius 3 is 2.72 bits per heavy atom. The van der Waals surface area contributed by atoms with Gasteiger partial charge in [-0.3, -0.25) is 9.78 Å². The summed E-state index contributed by atoms with van der Waals surface area (Å²) in [6.45, 7) is 0. The fourth-order valence-electron chi connectivity index (χ4n) is 2.33. The molecule has 4 aromatic rings. The second-order valence-corrected chi connectivity index (χ2v) is 7.16. The van der Waals surface area contributed by atoms with E-state index in [1.165, 1.54) is 6.20 Å². The van der Waals surface area contributed by atoms with Crippen molar-refractivity contribution >= 4 is 49.2 Å². The van der Waals surface area contributed by atoms with Crippen molar-refractivity contribution in [2.24, 2.45) is 0 Å². The number of anilines is 1. The van der Waals surface area contributed by atoms with E-state index in [0.717, 1.165) is 25.4 Å². The van der Waals surface area contributed by atoms with Crippen LogP contribution in [0.25, 0.3) is 20.9 Å². The number of amides is 1. The van der Waals surface area contributed by atoms with Crippen molar-refractivity contribution in [1.29, 1.82) is 0 Å². The first-order chi connectivity index (χ1) is 12.2. The van der Waals surface area contributed by atoms with Gasteiger partial charge in [0.05, 0.1) is 5.56 Å². The molecule has 0 bridgehead atoms. The van der Waals surface area contributed by atoms with Crippen molar-refractivity contribution in [1.82, 2.24) is 15.0 Å². The van der Waals surface area contributed by atoms with E-state index in [1.54, 1.807) is 29.8 Å². The lowest BCUT2D eigenvalue weighted by Crippen LogP contribution is -2.12. The number of nitrogens with one attached hydrogen (secondary N) is 1. The van der Waals surface area contributed by atoms with Gasteiger partial charge < -0.3 is 5.32 Å². The summed E-state index contributed by atoms with van der Waals surface area (Å²) in [5, 5.41) is 3.77. The maximum Gasteiger partial charge on any atom is 0.257 e. The first kappa shape index (κ1) is 15.9. The Hall–Kier alpha value is -2.64. The molecule has 0 aliphatic rings. The number of pyridine rings is 2. The monoisotopic (exact) mass is 410 g/mol. The van der Waals surface area contributed by atoms with E-state index in [9.17, 15) is 4.79 Å². The van der Waals surface area contributed by atoms with Crippen molar-refractivity contribution in [3.63, 3.8) is 0 Å². The Morgan fingerprint density at radius 2 is 1.96 bits per heavy atom. The van der Waals surface area contributed by atoms with Crippen LogP contribution in [0.3, 0.4) is 0 Å². The van der Waals surface area contributed by atoms with E-state index in [4.69, 9.17) is 0 Å². The predicted octanol–water partition coefficient (Wildman–Crippen LogP) is 4.77. The van der Waals surface area contributed by atoms with Crippen LogP contribution in [0.15, 0.2) is 65.5 Å². The SMILES string of the molecule is O=C(Nc1ccc(-c2nc3cccnc3s2)cc1)c1cncc(Br)c1. The Kier molecular flexibility index (Phi) is 4.25. The van der Waals surface area contributed by atoms with Gasteiger partial charge in [0.2, 0.25) is 0 Å². The molecular weight excluding hydrogens is 400 g/mol. The molecule has 0 aliphatic heterocycles. The van der Waals surface area contributed by atoms with E-state index in [0.29, 0.717) is 11.3 Å². The number of rotatable bonds is 3. The predicted molar refractivity (Wildman–Crippen MR) is 103 cm³/mol. The van der Waals surface area contributed by atoms with E-state index < -0.39 is 0 Å². The molecule has 0 atom stereocenters. The molecule has 0 saturated carbocycles. The molecular formula is C18H11BrN4OS. The lowest BCUT2D eigenvalue weighted by molar-refractivity contribution is 0.102. The summed E-state index contributed by atoms with van der Waals surface area (Å²) >= 11 is 4.86. The molecule has 5 nitrogen and oxygen atoms in total. The van der Waals surface area contributed by atoms with Crippen LogP contribution in [0.5, 0.6) is 0 Å². The number of halogens is 1. The van der Waals surface area contributed by atoms with Gasteiger partial charge in [0.15, 0.2) is 0 Å². The van der Waals surface area contributed by atoms with E-state index >= 15 is 0 Å². The lowest BCUT2D eigenvalue weighted by Gasteiger charge is -2.06. The summed E-state index contributed by atoms with van der Waals surface area (Å²) in [6.07, 6.45) is 4.93. The number of fused-ring (bicyclic) bond motifs is 1. The molecule has 0 unspecified atom stereocenters. The molecule has 3 aromatic heterocycles. The molecule has 0 saturated heterocycles. The standard InChI is InChI=1S/C18H11BrN4OS/c19-13-8-12(9-20-10-13)16(24)22-14-5-3-11(4-6-14)17-23-15-2-1-7-21-18(15)25-17/h1-10H,(H,22,24). The fraction of sp³-hybridized carbons (Fsp3) is 0. The minimum atomic E-state index is -0.203. The van der Waals surface area contributed by atoms with Gasteiger partial charge in [0.1, 0.15) is 15.4 Å². The maximum absolute atomic E-state index is 12.2. The molecule has 25 heavy (non-hydrogen) atoms. The average Bonchev–Trinajstić information content (AvgIpc) is 3.06. The van der Waals surface area contributed by atoms with Gasteiger partial charge in [-0.05, 0) is 58.4 Å². The van der Waals surface area contributed by atoms with Crippen LogP contribution in [0, 0.1) is 0 Å². The second-order valence-electron chi connectivity index (χ2n) is 5.27. The Morgan fingerprint density at radius 1 is 1.12 bits per heavy atom. The third kappa shape index (κ3) is 3.42. The van der Waals surface area contributed by atoms with Crippen LogP contribution < -0.4 is 5.32 Å². The quantitative estimate of drug-likeness (QED) is 0.528. The normalized spacial score (nSPS) is 10.8. The Bertz CT molecular complexity index is 1030. The van der Waals surface area contributed by atoms with Crippen molar-refractivity contribution in [3.8, 4) is 10.6 Å². The molecule has 7 heteroatoms. The average molecular weight is 411 g/mol. The molecule has 1 aromatic carbocycles. The number of carbonyl (C=O) groups is 1. The fourth-order valence-corrected chi connectivity index (χ4v) is 3.61. The van der Waals surface area contributed by atoms with Crippen LogP contribution in [-0.4, -0.2) is 20.9 Å². The highest BCUT2D eigenvalue weighted by atomic mass is 79.9. The van der Waals surface area contributed by atoms with Gasteiger partial charge in [-0.15, -0.1) is 0 Å². The van der Waals surface area contributed by atoms with Crippen LogP contribution in [0.2, 0.25) is 0 Å². The topological polar surface area (TPSA) is 67.8 Å². The molecule has 1 N–H and O–H groups in total. The minimum Gasteiger partial charge on any atom is -0.322 e. The van der Waals surface area contributed by atoms with Gasteiger partial charge in [-0.1, -0.05) is 11.3 Å². The van der Waals surface area contributed by atoms with E-state index in [1.807, 2.05) is 36.4 Å². The third-order valence-electron chi connectivity index (χ3n) is 3.52. The third-order valence-corrected chi connectivity index (χ3v) is 4.99. The van der Waals surface area contributed by atoms with Crippen LogP contribution in [-0.2, 0) is 0 Å². The van der Waals surface area contributed by atoms with E-state index in [-0.39, 0.29) is 5.91 Å². The summed E-state index contributed by atoms with van der Waals surface area (Å²) in [4.78, 5) is 26.1. The van der Waals surface area contributed by atoms with Crippen LogP contribution in [0.4, 0.5) is 5.69 Å². The van der Waals surface area contributed by atoms with Gasteiger partial charge in [-0.2, -0.15) is 0 Å². The zero-order chi connectivity index (χ0) is 17.2. The van der Waals surface area contributed by atoms with Crippen molar-refractivity contribution in [3.05, 3.63) is 71.1 Å². The second kappa shape index (κ2) is 6.70. The molecule has 0 radical (unpaired) electrons. The number of benzene rings is 1. The summed E-state index contributed by atoms with van der Waals surface area (Å²) in [6, 6.07) is 13.1. The number of aromatic nitrogens is 3. The van der Waals surface area contributed by atoms with Crippen molar-refractivity contribution in [2.45, 2.75) is 0 Å². The highest BCUT2D eigenvalue weighted by Gasteiger charge is 2.09. The van der Waals surface area contributed by atoms with Gasteiger partial charge in [-0.25, -0.2) is 9.97 Å². The van der Waals surface area contributed by atoms with Gasteiger partial charge >= 0.3 is 0 Å². The maximum atomic E-state index is 12.2. The van der Waals surface area contributed by atoms with Crippen molar-refractivity contribution < 1.29 is 4.79 Å². The lowest BCUT2D eigenvalue weighted by atomic mass is 10.2. The molecule has 0 fully saturated rings. The minimum absolute atomic E-state index is 0.203. The number of nitrogens with zero attached hydrogens (tertiary/aromatic N) is 3. The highest BCUT2D eigenvalue weighted by Crippen LogP contribution is 2.29. The Balaban J connectivity index is 1.54. The number of hydrogen-bond donors (Lipinski definition) is 1. The smallest absolute Gasteiger partial charge is 0.257 e. The van der Waals surface area contributed by atoms with Crippen LogP contribution in [0.1, 0.15) is 10.4 Å². The summed E-state index contributed by atoms with van der Waals surface area (Å²) in [5.41, 5.74) is 3.09. The van der Waals surface area contributed by atoms with Crippen molar-refractivity contribution in [2.75, 3.05) is 5.32 Å². The zero-order valence-electron chi connectivity index (χ0n) is 12.8. The van der Waals surface area contributed by atoms with Gasteiger partial charge in [0, 0.05) is 34.3 Å². The zero-order valence-corrected chi connectivity index (χ0v) is 15.2. The number of thiazole rings is 1. The molecule has 0 spiro atoms. The molecule has 122 valence electrons. The molecule has 3 heterocycles. The Labute approximate surface area is 155 Å². The summed E-state index contributed by atoms with van der Waals surface area (Å²) in [7, 11) is 0. The highest BCUT2D eigenvalue weighted by molar-refractivity contribution is 9.10. The van der Waals surface area contributed by atoms with E-state index in [2.05, 4.69) is 36.2 Å². The van der Waals surface area contributed by atoms with Crippen LogP contribution >= 0.6 is 27.3 Å². The molecule has 4 rings (SSSR count). The van der Waals surface area contributed by atoms with Gasteiger partial charge in [0.25, 0.3) is 5.91 Å². The largest absolute Gasteiger partial charge is 0.322 e. The summed E-state index contributed by atoms with van der Waals surface area (Å²) < 4.78 is 0.764. The first-order valence-electron chi connectivity index (χ1n) is 7.43. The molecule has 0 aliphatic carbocycles.